The highest BCUT2D eigenvalue weighted by Crippen LogP contribution is 2.32. The van der Waals surface area contributed by atoms with E-state index < -0.39 is 29.6 Å². The molecule has 6 heteroatoms. The predicted octanol–water partition coefficient (Wildman–Crippen LogP) is 4.44. The van der Waals surface area contributed by atoms with Crippen molar-refractivity contribution in [1.29, 1.82) is 0 Å². The van der Waals surface area contributed by atoms with Crippen LogP contribution in [0.3, 0.4) is 0 Å². The Kier molecular flexibility index (Phi) is 5.14. The standard InChI is InChI=1S/C14H16F4O2/c1-8(2)6-9(3)20-13(19)10-4-5-12(15)11(7-10)14(16,17)18/h4-5,7-9H,6H2,1-3H3. The van der Waals surface area contributed by atoms with Crippen LogP contribution in [0.1, 0.15) is 43.1 Å². The molecule has 1 atom stereocenters. The summed E-state index contributed by atoms with van der Waals surface area (Å²) in [6.45, 7) is 5.53. The van der Waals surface area contributed by atoms with Crippen molar-refractivity contribution in [1.82, 2.24) is 0 Å². The Morgan fingerprint density at radius 2 is 1.85 bits per heavy atom. The third-order valence-electron chi connectivity index (χ3n) is 2.62. The molecule has 0 aromatic heterocycles. The van der Waals surface area contributed by atoms with Crippen molar-refractivity contribution in [2.75, 3.05) is 0 Å². The molecule has 0 saturated heterocycles. The lowest BCUT2D eigenvalue weighted by molar-refractivity contribution is -0.140. The minimum Gasteiger partial charge on any atom is -0.459 e. The quantitative estimate of drug-likeness (QED) is 0.606. The van der Waals surface area contributed by atoms with Crippen LogP contribution in [-0.2, 0) is 10.9 Å². The monoisotopic (exact) mass is 292 g/mol. The molecule has 0 heterocycles. The van der Waals surface area contributed by atoms with Crippen molar-refractivity contribution >= 4 is 5.97 Å². The summed E-state index contributed by atoms with van der Waals surface area (Å²) in [7, 11) is 0. The van der Waals surface area contributed by atoms with Crippen LogP contribution in [0.2, 0.25) is 0 Å². The van der Waals surface area contributed by atoms with Crippen molar-refractivity contribution in [2.24, 2.45) is 5.92 Å². The van der Waals surface area contributed by atoms with E-state index in [1.54, 1.807) is 6.92 Å². The molecule has 0 spiro atoms. The summed E-state index contributed by atoms with van der Waals surface area (Å²) in [6.07, 6.45) is -4.66. The van der Waals surface area contributed by atoms with E-state index in [2.05, 4.69) is 0 Å². The highest BCUT2D eigenvalue weighted by Gasteiger charge is 2.34. The van der Waals surface area contributed by atoms with E-state index in [1.165, 1.54) is 0 Å². The van der Waals surface area contributed by atoms with Gasteiger partial charge in [0.15, 0.2) is 0 Å². The van der Waals surface area contributed by atoms with Crippen molar-refractivity contribution in [3.63, 3.8) is 0 Å². The van der Waals surface area contributed by atoms with Crippen LogP contribution >= 0.6 is 0 Å². The number of hydrogen-bond donors (Lipinski definition) is 0. The normalized spacial score (nSPS) is 13.4. The lowest BCUT2D eigenvalue weighted by Crippen LogP contribution is -2.18. The fourth-order valence-corrected chi connectivity index (χ4v) is 1.83. The summed E-state index contributed by atoms with van der Waals surface area (Å²) in [5, 5.41) is 0. The molecule has 0 bridgehead atoms. The lowest BCUT2D eigenvalue weighted by Gasteiger charge is -2.16. The lowest BCUT2D eigenvalue weighted by atomic mass is 10.1. The van der Waals surface area contributed by atoms with Gasteiger partial charge in [0.1, 0.15) is 5.82 Å². The molecule has 0 amide bonds. The smallest absolute Gasteiger partial charge is 0.419 e. The van der Waals surface area contributed by atoms with Crippen LogP contribution in [0.25, 0.3) is 0 Å². The Labute approximate surface area is 114 Å². The summed E-state index contributed by atoms with van der Waals surface area (Å²) in [5.41, 5.74) is -1.78. The van der Waals surface area contributed by atoms with E-state index in [-0.39, 0.29) is 11.5 Å². The van der Waals surface area contributed by atoms with E-state index in [0.717, 1.165) is 6.07 Å². The number of alkyl halides is 3. The van der Waals surface area contributed by atoms with E-state index in [9.17, 15) is 22.4 Å². The maximum Gasteiger partial charge on any atom is 0.419 e. The van der Waals surface area contributed by atoms with Crippen molar-refractivity contribution in [3.05, 3.63) is 35.1 Å². The summed E-state index contributed by atoms with van der Waals surface area (Å²) in [4.78, 5) is 11.7. The zero-order valence-electron chi connectivity index (χ0n) is 11.4. The van der Waals surface area contributed by atoms with Crippen LogP contribution in [0, 0.1) is 11.7 Å². The third kappa shape index (κ3) is 4.51. The summed E-state index contributed by atoms with van der Waals surface area (Å²) < 4.78 is 55.7. The van der Waals surface area contributed by atoms with Crippen molar-refractivity contribution < 1.29 is 27.1 Å². The molecule has 0 N–H and O–H groups in total. The average Bonchev–Trinajstić information content (AvgIpc) is 2.26. The largest absolute Gasteiger partial charge is 0.459 e. The van der Waals surface area contributed by atoms with E-state index in [4.69, 9.17) is 4.74 Å². The first-order valence-corrected chi connectivity index (χ1v) is 6.19. The number of esters is 1. The first-order chi connectivity index (χ1) is 9.11. The second-order valence-corrected chi connectivity index (χ2v) is 5.04. The van der Waals surface area contributed by atoms with Crippen LogP contribution in [0.15, 0.2) is 18.2 Å². The first kappa shape index (κ1) is 16.5. The molecule has 2 nitrogen and oxygen atoms in total. The molecule has 1 unspecified atom stereocenters. The number of ether oxygens (including phenoxy) is 1. The third-order valence-corrected chi connectivity index (χ3v) is 2.62. The van der Waals surface area contributed by atoms with Crippen molar-refractivity contribution in [3.8, 4) is 0 Å². The number of benzene rings is 1. The Hall–Kier alpha value is -1.59. The molecule has 20 heavy (non-hydrogen) atoms. The highest BCUT2D eigenvalue weighted by atomic mass is 19.4. The molecule has 0 aliphatic heterocycles. The predicted molar refractivity (Wildman–Crippen MR) is 65.7 cm³/mol. The van der Waals surface area contributed by atoms with Gasteiger partial charge in [-0.05, 0) is 37.5 Å². The van der Waals surface area contributed by atoms with E-state index in [0.29, 0.717) is 18.6 Å². The van der Waals surface area contributed by atoms with Gasteiger partial charge < -0.3 is 4.74 Å². The van der Waals surface area contributed by atoms with Gasteiger partial charge in [0.05, 0.1) is 17.2 Å². The molecule has 0 radical (unpaired) electrons. The molecular formula is C14H16F4O2. The Bertz CT molecular complexity index is 481. The van der Waals surface area contributed by atoms with Crippen molar-refractivity contribution in [2.45, 2.75) is 39.5 Å². The molecule has 0 aliphatic carbocycles. The molecule has 0 aliphatic rings. The zero-order chi connectivity index (χ0) is 15.5. The minimum atomic E-state index is -4.84. The van der Waals surface area contributed by atoms with E-state index >= 15 is 0 Å². The maximum absolute atomic E-state index is 13.1. The van der Waals surface area contributed by atoms with Gasteiger partial charge in [-0.1, -0.05) is 13.8 Å². The van der Waals surface area contributed by atoms with Gasteiger partial charge in [-0.3, -0.25) is 0 Å². The zero-order valence-corrected chi connectivity index (χ0v) is 11.4. The van der Waals surface area contributed by atoms with Gasteiger partial charge >= 0.3 is 12.1 Å². The Balaban J connectivity index is 2.89. The fourth-order valence-electron chi connectivity index (χ4n) is 1.83. The van der Waals surface area contributed by atoms with Crippen LogP contribution in [0.5, 0.6) is 0 Å². The van der Waals surface area contributed by atoms with Crippen LogP contribution in [-0.4, -0.2) is 12.1 Å². The molecule has 1 rings (SSSR count). The summed E-state index contributed by atoms with van der Waals surface area (Å²) in [5.74, 6) is -2.01. The van der Waals surface area contributed by atoms with Gasteiger partial charge in [-0.2, -0.15) is 13.2 Å². The number of halogens is 4. The van der Waals surface area contributed by atoms with Crippen LogP contribution < -0.4 is 0 Å². The van der Waals surface area contributed by atoms with Gasteiger partial charge in [0, 0.05) is 0 Å². The second kappa shape index (κ2) is 6.24. The molecule has 0 fully saturated rings. The number of rotatable bonds is 4. The molecular weight excluding hydrogens is 276 g/mol. The van der Waals surface area contributed by atoms with E-state index in [1.807, 2.05) is 13.8 Å². The first-order valence-electron chi connectivity index (χ1n) is 6.19. The SMILES string of the molecule is CC(C)CC(C)OC(=O)c1ccc(F)c(C(F)(F)F)c1. The summed E-state index contributed by atoms with van der Waals surface area (Å²) in [6, 6.07) is 2.07. The highest BCUT2D eigenvalue weighted by molar-refractivity contribution is 5.89. The van der Waals surface area contributed by atoms with Gasteiger partial charge in [-0.25, -0.2) is 9.18 Å². The Morgan fingerprint density at radius 1 is 1.25 bits per heavy atom. The second-order valence-electron chi connectivity index (χ2n) is 5.04. The molecule has 112 valence electrons. The fraction of sp³-hybridized carbons (Fsp3) is 0.500. The van der Waals surface area contributed by atoms with Gasteiger partial charge in [0.2, 0.25) is 0 Å². The maximum atomic E-state index is 13.1. The molecule has 1 aromatic rings. The Morgan fingerprint density at radius 3 is 2.35 bits per heavy atom. The number of carbonyl (C=O) groups is 1. The molecule has 0 saturated carbocycles. The minimum absolute atomic E-state index is 0.289. The average molecular weight is 292 g/mol. The number of carbonyl (C=O) groups excluding carboxylic acids is 1. The van der Waals surface area contributed by atoms with Crippen LogP contribution in [0.4, 0.5) is 17.6 Å². The van der Waals surface area contributed by atoms with Gasteiger partial charge in [-0.15, -0.1) is 0 Å². The summed E-state index contributed by atoms with van der Waals surface area (Å²) >= 11 is 0. The molecule has 1 aromatic carbocycles. The topological polar surface area (TPSA) is 26.3 Å². The number of hydrogen-bond acceptors (Lipinski definition) is 2. The van der Waals surface area contributed by atoms with Gasteiger partial charge in [0.25, 0.3) is 0 Å².